The average Bonchev–Trinajstić information content (AvgIpc) is 2.99. The third kappa shape index (κ3) is 4.27. The van der Waals surface area contributed by atoms with E-state index in [9.17, 15) is 4.79 Å². The fourth-order valence-electron chi connectivity index (χ4n) is 1.55. The number of carbonyl (C=O) groups is 1. The number of hydrogen-bond acceptors (Lipinski definition) is 6. The van der Waals surface area contributed by atoms with E-state index >= 15 is 0 Å². The number of carbonyl (C=O) groups excluding carboxylic acids is 1. The Balaban J connectivity index is 1.79. The maximum Gasteiger partial charge on any atom is 0.271 e. The van der Waals surface area contributed by atoms with E-state index in [0.29, 0.717) is 18.1 Å². The van der Waals surface area contributed by atoms with Crippen molar-refractivity contribution >= 4 is 23.1 Å². The van der Waals surface area contributed by atoms with Crippen LogP contribution in [0.2, 0.25) is 0 Å². The van der Waals surface area contributed by atoms with Gasteiger partial charge in [0.05, 0.1) is 23.6 Å². The molecule has 0 aliphatic carbocycles. The summed E-state index contributed by atoms with van der Waals surface area (Å²) in [6.07, 6.45) is 4.79. The predicted octanol–water partition coefficient (Wildman–Crippen LogP) is 1.73. The van der Waals surface area contributed by atoms with Gasteiger partial charge in [-0.2, -0.15) is 0 Å². The summed E-state index contributed by atoms with van der Waals surface area (Å²) >= 11 is 1.55. The monoisotopic (exact) mass is 291 g/mol. The summed E-state index contributed by atoms with van der Waals surface area (Å²) < 4.78 is 0. The lowest BCUT2D eigenvalue weighted by Crippen LogP contribution is -2.26. The van der Waals surface area contributed by atoms with Crippen molar-refractivity contribution < 1.29 is 4.79 Å². The summed E-state index contributed by atoms with van der Waals surface area (Å²) in [6, 6.07) is 0. The van der Waals surface area contributed by atoms with Gasteiger partial charge < -0.3 is 10.6 Å². The number of thiazole rings is 1. The van der Waals surface area contributed by atoms with Crippen molar-refractivity contribution in [2.24, 2.45) is 0 Å². The van der Waals surface area contributed by atoms with E-state index < -0.39 is 0 Å². The van der Waals surface area contributed by atoms with E-state index in [1.165, 1.54) is 6.20 Å². The minimum Gasteiger partial charge on any atom is -0.369 e. The van der Waals surface area contributed by atoms with Crippen molar-refractivity contribution in [2.75, 3.05) is 18.4 Å². The Morgan fingerprint density at radius 3 is 2.80 bits per heavy atom. The smallest absolute Gasteiger partial charge is 0.271 e. The Kier molecular flexibility index (Phi) is 5.43. The summed E-state index contributed by atoms with van der Waals surface area (Å²) in [7, 11) is 0. The zero-order valence-corrected chi connectivity index (χ0v) is 12.1. The summed E-state index contributed by atoms with van der Waals surface area (Å²) in [5, 5.41) is 7.88. The molecule has 0 saturated heterocycles. The molecule has 20 heavy (non-hydrogen) atoms. The lowest BCUT2D eigenvalue weighted by Gasteiger charge is -2.05. The lowest BCUT2D eigenvalue weighted by atomic mass is 10.3. The molecule has 0 unspecified atom stereocenters. The van der Waals surface area contributed by atoms with Crippen molar-refractivity contribution in [3.63, 3.8) is 0 Å². The van der Waals surface area contributed by atoms with Crippen LogP contribution in [0.3, 0.4) is 0 Å². The molecule has 0 aliphatic rings. The zero-order chi connectivity index (χ0) is 14.2. The van der Waals surface area contributed by atoms with Crippen LogP contribution < -0.4 is 10.6 Å². The molecule has 2 aromatic heterocycles. The molecular formula is C13H17N5OS. The van der Waals surface area contributed by atoms with Gasteiger partial charge in [-0.15, -0.1) is 11.3 Å². The molecule has 0 fully saturated rings. The number of nitrogens with zero attached hydrogens (tertiary/aromatic N) is 3. The first-order chi connectivity index (χ1) is 9.79. The first-order valence-electron chi connectivity index (χ1n) is 6.50. The Bertz CT molecular complexity index is 526. The topological polar surface area (TPSA) is 79.8 Å². The first-order valence-corrected chi connectivity index (χ1v) is 7.45. The van der Waals surface area contributed by atoms with Crippen molar-refractivity contribution in [3.8, 4) is 0 Å². The van der Waals surface area contributed by atoms with E-state index in [-0.39, 0.29) is 5.91 Å². The number of rotatable bonds is 7. The molecule has 0 aromatic carbocycles. The van der Waals surface area contributed by atoms with Gasteiger partial charge in [0.2, 0.25) is 0 Å². The SMILES string of the molecule is CCCNc1cnc(C(=O)NCCc2cscn2)cn1. The maximum atomic E-state index is 11.8. The van der Waals surface area contributed by atoms with Gasteiger partial charge in [0.1, 0.15) is 11.5 Å². The maximum absolute atomic E-state index is 11.8. The molecule has 0 atom stereocenters. The van der Waals surface area contributed by atoms with Gasteiger partial charge in [0, 0.05) is 24.9 Å². The molecule has 2 rings (SSSR count). The van der Waals surface area contributed by atoms with E-state index in [2.05, 4.69) is 32.5 Å². The van der Waals surface area contributed by atoms with Crippen LogP contribution in [0.15, 0.2) is 23.3 Å². The van der Waals surface area contributed by atoms with Crippen LogP contribution in [0, 0.1) is 0 Å². The molecule has 2 heterocycles. The van der Waals surface area contributed by atoms with Gasteiger partial charge in [-0.1, -0.05) is 6.92 Å². The van der Waals surface area contributed by atoms with Crippen molar-refractivity contribution in [2.45, 2.75) is 19.8 Å². The van der Waals surface area contributed by atoms with E-state index in [0.717, 1.165) is 25.1 Å². The second-order valence-electron chi connectivity index (χ2n) is 4.20. The summed E-state index contributed by atoms with van der Waals surface area (Å²) in [6.45, 7) is 3.46. The minimum atomic E-state index is -0.213. The molecule has 0 spiro atoms. The third-order valence-corrected chi connectivity index (χ3v) is 3.23. The van der Waals surface area contributed by atoms with Gasteiger partial charge in [0.25, 0.3) is 5.91 Å². The van der Waals surface area contributed by atoms with Crippen LogP contribution in [0.1, 0.15) is 29.5 Å². The third-order valence-electron chi connectivity index (χ3n) is 2.59. The molecule has 0 saturated carbocycles. The van der Waals surface area contributed by atoms with Crippen molar-refractivity contribution in [1.29, 1.82) is 0 Å². The Hall–Kier alpha value is -2.02. The number of amides is 1. The highest BCUT2D eigenvalue weighted by Gasteiger charge is 2.07. The summed E-state index contributed by atoms with van der Waals surface area (Å²) in [5.74, 6) is 0.473. The molecule has 0 radical (unpaired) electrons. The van der Waals surface area contributed by atoms with Gasteiger partial charge in [-0.3, -0.25) is 4.79 Å². The number of aromatic nitrogens is 3. The van der Waals surface area contributed by atoms with Crippen LogP contribution in [0.25, 0.3) is 0 Å². The molecule has 7 heteroatoms. The molecule has 0 bridgehead atoms. The standard InChI is InChI=1S/C13H17N5OS/c1-2-4-14-12-7-16-11(6-17-12)13(19)15-5-3-10-8-20-9-18-10/h6-9H,2-5H2,1H3,(H,14,17)(H,15,19). The van der Waals surface area contributed by atoms with Crippen LogP contribution in [0.4, 0.5) is 5.82 Å². The number of nitrogens with one attached hydrogen (secondary N) is 2. The minimum absolute atomic E-state index is 0.213. The molecule has 106 valence electrons. The number of anilines is 1. The van der Waals surface area contributed by atoms with Crippen LogP contribution in [0.5, 0.6) is 0 Å². The van der Waals surface area contributed by atoms with Crippen molar-refractivity contribution in [1.82, 2.24) is 20.3 Å². The molecule has 6 nitrogen and oxygen atoms in total. The van der Waals surface area contributed by atoms with E-state index in [4.69, 9.17) is 0 Å². The second-order valence-corrected chi connectivity index (χ2v) is 4.92. The fourth-order valence-corrected chi connectivity index (χ4v) is 2.14. The second kappa shape index (κ2) is 7.54. The highest BCUT2D eigenvalue weighted by Crippen LogP contribution is 2.02. The Morgan fingerprint density at radius 2 is 2.15 bits per heavy atom. The first kappa shape index (κ1) is 14.4. The quantitative estimate of drug-likeness (QED) is 0.812. The largest absolute Gasteiger partial charge is 0.369 e. The van der Waals surface area contributed by atoms with Crippen LogP contribution in [-0.2, 0) is 6.42 Å². The summed E-state index contributed by atoms with van der Waals surface area (Å²) in [5.41, 5.74) is 3.09. The highest BCUT2D eigenvalue weighted by atomic mass is 32.1. The molecular weight excluding hydrogens is 274 g/mol. The van der Waals surface area contributed by atoms with Crippen molar-refractivity contribution in [3.05, 3.63) is 34.7 Å². The molecule has 2 N–H and O–H groups in total. The fraction of sp³-hybridized carbons (Fsp3) is 0.385. The van der Waals surface area contributed by atoms with Crippen LogP contribution >= 0.6 is 11.3 Å². The van der Waals surface area contributed by atoms with Crippen LogP contribution in [-0.4, -0.2) is 33.9 Å². The molecule has 1 amide bonds. The van der Waals surface area contributed by atoms with Gasteiger partial charge in [-0.25, -0.2) is 15.0 Å². The highest BCUT2D eigenvalue weighted by molar-refractivity contribution is 7.07. The van der Waals surface area contributed by atoms with E-state index in [1.807, 2.05) is 5.38 Å². The lowest BCUT2D eigenvalue weighted by molar-refractivity contribution is 0.0949. The Morgan fingerprint density at radius 1 is 1.25 bits per heavy atom. The average molecular weight is 291 g/mol. The summed E-state index contributed by atoms with van der Waals surface area (Å²) in [4.78, 5) is 24.3. The predicted molar refractivity (Wildman–Crippen MR) is 79.0 cm³/mol. The van der Waals surface area contributed by atoms with Gasteiger partial charge in [-0.05, 0) is 6.42 Å². The Labute approximate surface area is 121 Å². The van der Waals surface area contributed by atoms with Gasteiger partial charge in [0.15, 0.2) is 0 Å². The normalized spacial score (nSPS) is 10.2. The molecule has 2 aromatic rings. The molecule has 0 aliphatic heterocycles. The number of hydrogen-bond donors (Lipinski definition) is 2. The van der Waals surface area contributed by atoms with E-state index in [1.54, 1.807) is 23.0 Å². The zero-order valence-electron chi connectivity index (χ0n) is 11.3. The van der Waals surface area contributed by atoms with Gasteiger partial charge >= 0.3 is 0 Å².